The van der Waals surface area contributed by atoms with E-state index < -0.39 is 5.82 Å². The van der Waals surface area contributed by atoms with E-state index in [1.165, 1.54) is 12.1 Å². The number of nitrogens with one attached hydrogen (secondary N) is 1. The fraction of sp³-hybridized carbons (Fsp3) is 0.400. The average Bonchev–Trinajstić information content (AvgIpc) is 3.21. The maximum Gasteiger partial charge on any atom is 0.256 e. The van der Waals surface area contributed by atoms with Gasteiger partial charge in [0.2, 0.25) is 11.8 Å². The molecule has 0 radical (unpaired) electrons. The highest BCUT2D eigenvalue weighted by atomic mass is 19.1. The normalized spacial score (nSPS) is 20.3. The lowest BCUT2D eigenvalue weighted by Crippen LogP contribution is -2.48. The van der Waals surface area contributed by atoms with Crippen molar-refractivity contribution in [3.05, 3.63) is 71.5 Å². The molecule has 2 atom stereocenters. The molecule has 2 heterocycles. The van der Waals surface area contributed by atoms with Crippen LogP contribution < -0.4 is 5.32 Å². The maximum atomic E-state index is 13.9. The number of benzene rings is 2. The molecular formula is C25H28FN3O3. The Labute approximate surface area is 187 Å². The van der Waals surface area contributed by atoms with Gasteiger partial charge >= 0.3 is 0 Å². The topological polar surface area (TPSA) is 69.7 Å². The van der Waals surface area contributed by atoms with Crippen molar-refractivity contribution in [3.8, 4) is 0 Å². The molecule has 0 saturated carbocycles. The molecule has 0 aliphatic carbocycles. The van der Waals surface area contributed by atoms with Crippen LogP contribution in [0.5, 0.6) is 0 Å². The summed E-state index contributed by atoms with van der Waals surface area (Å²) in [5, 5.41) is 3.06. The fourth-order valence-electron chi connectivity index (χ4n) is 4.54. The van der Waals surface area contributed by atoms with Crippen LogP contribution in [-0.2, 0) is 9.59 Å². The zero-order valence-corrected chi connectivity index (χ0v) is 18.2. The van der Waals surface area contributed by atoms with Crippen LogP contribution in [0, 0.1) is 11.7 Å². The van der Waals surface area contributed by atoms with Crippen LogP contribution in [0.3, 0.4) is 0 Å². The molecule has 2 saturated heterocycles. The number of hydrogen-bond acceptors (Lipinski definition) is 3. The number of carbonyl (C=O) groups is 3. The van der Waals surface area contributed by atoms with Crippen molar-refractivity contribution in [2.45, 2.75) is 38.3 Å². The zero-order chi connectivity index (χ0) is 22.7. The molecule has 2 fully saturated rings. The first-order valence-corrected chi connectivity index (χ1v) is 11.1. The van der Waals surface area contributed by atoms with Crippen molar-refractivity contribution in [3.63, 3.8) is 0 Å². The SMILES string of the molecule is CC(c1ccccc1)N1CC(C(=O)NC2CCN(C(=O)c3ccccc3F)CC2)CC1=O. The molecule has 0 aromatic heterocycles. The van der Waals surface area contributed by atoms with Crippen molar-refractivity contribution in [2.75, 3.05) is 19.6 Å². The van der Waals surface area contributed by atoms with Gasteiger partial charge in [0.15, 0.2) is 0 Å². The molecule has 1 N–H and O–H groups in total. The summed E-state index contributed by atoms with van der Waals surface area (Å²) < 4.78 is 13.9. The third-order valence-corrected chi connectivity index (χ3v) is 6.51. The van der Waals surface area contributed by atoms with Crippen molar-refractivity contribution >= 4 is 17.7 Å². The lowest BCUT2D eigenvalue weighted by molar-refractivity contribution is -0.130. The Bertz CT molecular complexity index is 989. The van der Waals surface area contributed by atoms with E-state index in [0.29, 0.717) is 32.5 Å². The van der Waals surface area contributed by atoms with Crippen LogP contribution >= 0.6 is 0 Å². The quantitative estimate of drug-likeness (QED) is 0.781. The molecule has 2 aromatic carbocycles. The van der Waals surface area contributed by atoms with E-state index in [-0.39, 0.29) is 47.7 Å². The van der Waals surface area contributed by atoms with Crippen molar-refractivity contribution < 1.29 is 18.8 Å². The number of likely N-dealkylation sites (tertiary alicyclic amines) is 2. The molecule has 2 aromatic rings. The standard InChI is InChI=1S/C25H28FN3O3/c1-17(18-7-3-2-4-8-18)29-16-19(15-23(29)30)24(31)27-20-11-13-28(14-12-20)25(32)21-9-5-6-10-22(21)26/h2-10,17,19-20H,11-16H2,1H3,(H,27,31). The molecule has 0 spiro atoms. The smallest absolute Gasteiger partial charge is 0.256 e. The largest absolute Gasteiger partial charge is 0.353 e. The van der Waals surface area contributed by atoms with E-state index in [1.54, 1.807) is 21.9 Å². The Morgan fingerprint density at radius 2 is 1.69 bits per heavy atom. The number of hydrogen-bond donors (Lipinski definition) is 1. The first-order chi connectivity index (χ1) is 15.4. The second kappa shape index (κ2) is 9.51. The number of piperidine rings is 1. The van der Waals surface area contributed by atoms with Gasteiger partial charge in [-0.25, -0.2) is 4.39 Å². The number of amides is 3. The average molecular weight is 438 g/mol. The highest BCUT2D eigenvalue weighted by Gasteiger charge is 2.38. The highest BCUT2D eigenvalue weighted by molar-refractivity contribution is 5.94. The van der Waals surface area contributed by atoms with Gasteiger partial charge in [0, 0.05) is 32.1 Å². The summed E-state index contributed by atoms with van der Waals surface area (Å²) in [5.41, 5.74) is 1.13. The molecular weight excluding hydrogens is 409 g/mol. The monoisotopic (exact) mass is 437 g/mol. The minimum atomic E-state index is -0.520. The van der Waals surface area contributed by atoms with E-state index in [0.717, 1.165) is 5.56 Å². The summed E-state index contributed by atoms with van der Waals surface area (Å²) in [5.74, 6) is -1.33. The Hall–Kier alpha value is -3.22. The lowest BCUT2D eigenvalue weighted by Gasteiger charge is -2.33. The van der Waals surface area contributed by atoms with E-state index in [1.807, 2.05) is 37.3 Å². The molecule has 3 amide bonds. The van der Waals surface area contributed by atoms with Gasteiger partial charge in [0.25, 0.3) is 5.91 Å². The molecule has 0 bridgehead atoms. The van der Waals surface area contributed by atoms with E-state index in [2.05, 4.69) is 5.32 Å². The van der Waals surface area contributed by atoms with Gasteiger partial charge in [0.05, 0.1) is 17.5 Å². The Kier molecular flexibility index (Phi) is 6.53. The van der Waals surface area contributed by atoms with E-state index in [9.17, 15) is 18.8 Å². The summed E-state index contributed by atoms with van der Waals surface area (Å²) in [6, 6.07) is 15.7. The lowest BCUT2D eigenvalue weighted by atomic mass is 10.0. The van der Waals surface area contributed by atoms with Gasteiger partial charge in [-0.2, -0.15) is 0 Å². The Balaban J connectivity index is 1.28. The third-order valence-electron chi connectivity index (χ3n) is 6.51. The summed E-state index contributed by atoms with van der Waals surface area (Å²) in [6.07, 6.45) is 1.43. The van der Waals surface area contributed by atoms with Gasteiger partial charge in [0.1, 0.15) is 5.82 Å². The number of rotatable bonds is 5. The Morgan fingerprint density at radius 3 is 2.38 bits per heavy atom. The van der Waals surface area contributed by atoms with Crippen molar-refractivity contribution in [1.29, 1.82) is 0 Å². The minimum Gasteiger partial charge on any atom is -0.353 e. The maximum absolute atomic E-state index is 13.9. The second-order valence-corrected chi connectivity index (χ2v) is 8.59. The number of carbonyl (C=O) groups excluding carboxylic acids is 3. The number of nitrogens with zero attached hydrogens (tertiary/aromatic N) is 2. The summed E-state index contributed by atoms with van der Waals surface area (Å²) in [7, 11) is 0. The molecule has 32 heavy (non-hydrogen) atoms. The zero-order valence-electron chi connectivity index (χ0n) is 18.2. The fourth-order valence-corrected chi connectivity index (χ4v) is 4.54. The van der Waals surface area contributed by atoms with Crippen LogP contribution in [0.25, 0.3) is 0 Å². The van der Waals surface area contributed by atoms with Gasteiger partial charge < -0.3 is 15.1 Å². The summed E-state index contributed by atoms with van der Waals surface area (Å²) in [4.78, 5) is 41.3. The van der Waals surface area contributed by atoms with Crippen LogP contribution in [0.2, 0.25) is 0 Å². The minimum absolute atomic E-state index is 0.00759. The van der Waals surface area contributed by atoms with E-state index in [4.69, 9.17) is 0 Å². The molecule has 6 nitrogen and oxygen atoms in total. The van der Waals surface area contributed by atoms with Gasteiger partial charge in [-0.3, -0.25) is 14.4 Å². The molecule has 2 aliphatic rings. The first kappa shape index (κ1) is 22.0. The second-order valence-electron chi connectivity index (χ2n) is 8.59. The van der Waals surface area contributed by atoms with Crippen molar-refractivity contribution in [1.82, 2.24) is 15.1 Å². The van der Waals surface area contributed by atoms with E-state index >= 15 is 0 Å². The first-order valence-electron chi connectivity index (χ1n) is 11.1. The predicted molar refractivity (Wildman–Crippen MR) is 118 cm³/mol. The van der Waals surface area contributed by atoms with Crippen molar-refractivity contribution in [2.24, 2.45) is 5.92 Å². The highest BCUT2D eigenvalue weighted by Crippen LogP contribution is 2.29. The van der Waals surface area contributed by atoms with Crippen LogP contribution in [0.4, 0.5) is 4.39 Å². The number of halogens is 1. The Morgan fingerprint density at radius 1 is 1.03 bits per heavy atom. The van der Waals surface area contributed by atoms with Gasteiger partial charge in [-0.15, -0.1) is 0 Å². The summed E-state index contributed by atoms with van der Waals surface area (Å²) in [6.45, 7) is 3.30. The molecule has 2 aliphatic heterocycles. The summed E-state index contributed by atoms with van der Waals surface area (Å²) >= 11 is 0. The molecule has 4 rings (SSSR count). The predicted octanol–water partition coefficient (Wildman–Crippen LogP) is 3.16. The molecule has 168 valence electrons. The van der Waals surface area contributed by atoms with Crippen LogP contribution in [0.1, 0.15) is 48.1 Å². The molecule has 7 heteroatoms. The van der Waals surface area contributed by atoms with Crippen LogP contribution in [-0.4, -0.2) is 53.2 Å². The van der Waals surface area contributed by atoms with Gasteiger partial charge in [-0.05, 0) is 37.5 Å². The van der Waals surface area contributed by atoms with Crippen LogP contribution in [0.15, 0.2) is 54.6 Å². The van der Waals surface area contributed by atoms with Gasteiger partial charge in [-0.1, -0.05) is 42.5 Å². The molecule has 2 unspecified atom stereocenters. The third kappa shape index (κ3) is 4.66.